The third-order valence-electron chi connectivity index (χ3n) is 3.82. The van der Waals surface area contributed by atoms with Crippen molar-refractivity contribution in [2.75, 3.05) is 13.7 Å². The van der Waals surface area contributed by atoms with Crippen LogP contribution in [0.4, 0.5) is 4.79 Å². The van der Waals surface area contributed by atoms with Crippen LogP contribution in [0, 0.1) is 0 Å². The van der Waals surface area contributed by atoms with Crippen LogP contribution in [0.25, 0.3) is 0 Å². The van der Waals surface area contributed by atoms with E-state index < -0.39 is 24.5 Å². The van der Waals surface area contributed by atoms with Gasteiger partial charge in [-0.2, -0.15) is 0 Å². The second-order valence-corrected chi connectivity index (χ2v) is 5.69. The number of hydrogen-bond acceptors (Lipinski definition) is 5. The van der Waals surface area contributed by atoms with Crippen molar-refractivity contribution in [3.05, 3.63) is 29.8 Å². The number of rotatable bonds is 6. The lowest BCUT2D eigenvalue weighted by Crippen LogP contribution is -2.45. The Bertz CT molecular complexity index is 579. The van der Waals surface area contributed by atoms with Crippen molar-refractivity contribution in [3.8, 4) is 5.75 Å². The monoisotopic (exact) mass is 334 g/mol. The molecule has 1 aromatic rings. The number of amides is 3. The maximum atomic E-state index is 11.7. The van der Waals surface area contributed by atoms with Crippen molar-refractivity contribution in [2.24, 2.45) is 0 Å². The smallest absolute Gasteiger partial charge is 0.321 e. The fourth-order valence-electron chi connectivity index (χ4n) is 2.56. The van der Waals surface area contributed by atoms with Gasteiger partial charge in [0, 0.05) is 6.04 Å². The minimum atomic E-state index is -0.645. The van der Waals surface area contributed by atoms with E-state index in [1.165, 1.54) is 0 Å². The van der Waals surface area contributed by atoms with Gasteiger partial charge in [-0.15, -0.1) is 0 Å². The largest absolute Gasteiger partial charge is 0.497 e. The molecule has 1 aromatic carbocycles. The molecule has 2 rings (SSSR count). The van der Waals surface area contributed by atoms with Gasteiger partial charge in [-0.3, -0.25) is 14.9 Å². The molecule has 130 valence electrons. The summed E-state index contributed by atoms with van der Waals surface area (Å²) in [5, 5.41) is 4.88. The van der Waals surface area contributed by atoms with Gasteiger partial charge in [-0.05, 0) is 30.5 Å². The van der Waals surface area contributed by atoms with Crippen molar-refractivity contribution in [1.29, 1.82) is 0 Å². The molecule has 1 aliphatic carbocycles. The number of nitrogens with one attached hydrogen (secondary N) is 2. The molecule has 1 aliphatic rings. The number of carbonyl (C=O) groups is 3. The van der Waals surface area contributed by atoms with E-state index in [1.54, 1.807) is 31.4 Å². The standard InChI is InChI=1S/C17H22N2O5/c1-23-14-8-6-12(7-9-14)10-16(21)24-11-15(20)19-17(22)18-13-4-2-3-5-13/h6-9,13H,2-5,10-11H2,1H3,(H2,18,19,20,22). The molecule has 0 radical (unpaired) electrons. The highest BCUT2D eigenvalue weighted by molar-refractivity contribution is 5.95. The number of benzene rings is 1. The first-order valence-corrected chi connectivity index (χ1v) is 7.95. The fourth-order valence-corrected chi connectivity index (χ4v) is 2.56. The van der Waals surface area contributed by atoms with E-state index in [-0.39, 0.29) is 12.5 Å². The van der Waals surface area contributed by atoms with Crippen molar-refractivity contribution in [1.82, 2.24) is 10.6 Å². The molecule has 3 amide bonds. The Balaban J connectivity index is 1.66. The Hall–Kier alpha value is -2.57. The molecule has 0 atom stereocenters. The van der Waals surface area contributed by atoms with E-state index in [1.807, 2.05) is 0 Å². The lowest BCUT2D eigenvalue weighted by Gasteiger charge is -2.12. The van der Waals surface area contributed by atoms with Gasteiger partial charge < -0.3 is 14.8 Å². The Morgan fingerprint density at radius 3 is 2.42 bits per heavy atom. The predicted octanol–water partition coefficient (Wildman–Crippen LogP) is 1.55. The van der Waals surface area contributed by atoms with Gasteiger partial charge in [0.25, 0.3) is 5.91 Å². The average molecular weight is 334 g/mol. The van der Waals surface area contributed by atoms with Gasteiger partial charge in [0.15, 0.2) is 6.61 Å². The first-order valence-electron chi connectivity index (χ1n) is 7.95. The fraction of sp³-hybridized carbons (Fsp3) is 0.471. The van der Waals surface area contributed by atoms with Crippen LogP contribution in [0.2, 0.25) is 0 Å². The highest BCUT2D eigenvalue weighted by Gasteiger charge is 2.18. The summed E-state index contributed by atoms with van der Waals surface area (Å²) in [4.78, 5) is 34.9. The van der Waals surface area contributed by atoms with E-state index in [4.69, 9.17) is 9.47 Å². The molecule has 0 spiro atoms. The van der Waals surface area contributed by atoms with Crippen LogP contribution in [-0.2, 0) is 20.7 Å². The topological polar surface area (TPSA) is 93.7 Å². The van der Waals surface area contributed by atoms with Crippen LogP contribution in [0.5, 0.6) is 5.75 Å². The number of carbonyl (C=O) groups excluding carboxylic acids is 3. The third-order valence-corrected chi connectivity index (χ3v) is 3.82. The molecule has 0 bridgehead atoms. The average Bonchev–Trinajstić information content (AvgIpc) is 3.06. The summed E-state index contributed by atoms with van der Waals surface area (Å²) >= 11 is 0. The molecule has 0 aliphatic heterocycles. The van der Waals surface area contributed by atoms with Gasteiger partial charge >= 0.3 is 12.0 Å². The molecule has 0 heterocycles. The summed E-state index contributed by atoms with van der Waals surface area (Å²) in [5.74, 6) is -0.486. The van der Waals surface area contributed by atoms with Crippen LogP contribution in [0.15, 0.2) is 24.3 Å². The maximum absolute atomic E-state index is 11.7. The van der Waals surface area contributed by atoms with Crippen LogP contribution < -0.4 is 15.4 Å². The van der Waals surface area contributed by atoms with Crippen LogP contribution in [-0.4, -0.2) is 37.7 Å². The zero-order valence-corrected chi connectivity index (χ0v) is 13.7. The van der Waals surface area contributed by atoms with E-state index in [9.17, 15) is 14.4 Å². The highest BCUT2D eigenvalue weighted by Crippen LogP contribution is 2.17. The van der Waals surface area contributed by atoms with Crippen LogP contribution in [0.1, 0.15) is 31.2 Å². The minimum Gasteiger partial charge on any atom is -0.497 e. The van der Waals surface area contributed by atoms with Crippen molar-refractivity contribution in [3.63, 3.8) is 0 Å². The summed E-state index contributed by atoms with van der Waals surface area (Å²) in [6.45, 7) is -0.479. The zero-order chi connectivity index (χ0) is 17.4. The number of esters is 1. The Morgan fingerprint density at radius 2 is 1.79 bits per heavy atom. The van der Waals surface area contributed by atoms with Crippen LogP contribution in [0.3, 0.4) is 0 Å². The van der Waals surface area contributed by atoms with Gasteiger partial charge in [-0.1, -0.05) is 25.0 Å². The normalized spacial score (nSPS) is 14.0. The Morgan fingerprint density at radius 1 is 1.12 bits per heavy atom. The SMILES string of the molecule is COc1ccc(CC(=O)OCC(=O)NC(=O)NC2CCCC2)cc1. The summed E-state index contributed by atoms with van der Waals surface area (Å²) in [6.07, 6.45) is 4.08. The first kappa shape index (κ1) is 17.8. The van der Waals surface area contributed by atoms with E-state index in [0.717, 1.165) is 31.2 Å². The van der Waals surface area contributed by atoms with Crippen LogP contribution >= 0.6 is 0 Å². The Labute approximate surface area is 140 Å². The number of hydrogen-bond donors (Lipinski definition) is 2. The molecule has 0 saturated heterocycles. The molecule has 1 fully saturated rings. The van der Waals surface area contributed by atoms with Crippen molar-refractivity contribution >= 4 is 17.9 Å². The van der Waals surface area contributed by atoms with Gasteiger partial charge in [-0.25, -0.2) is 4.79 Å². The third kappa shape index (κ3) is 5.91. The number of methoxy groups -OCH3 is 1. The molecule has 24 heavy (non-hydrogen) atoms. The summed E-state index contributed by atoms with van der Waals surface area (Å²) in [5.41, 5.74) is 0.750. The predicted molar refractivity (Wildman–Crippen MR) is 86.6 cm³/mol. The van der Waals surface area contributed by atoms with Gasteiger partial charge in [0.1, 0.15) is 5.75 Å². The lowest BCUT2D eigenvalue weighted by molar-refractivity contribution is -0.147. The van der Waals surface area contributed by atoms with Crippen molar-refractivity contribution < 1.29 is 23.9 Å². The number of ether oxygens (including phenoxy) is 2. The van der Waals surface area contributed by atoms with Crippen molar-refractivity contribution in [2.45, 2.75) is 38.1 Å². The Kier molecular flexibility index (Phi) is 6.60. The second kappa shape index (κ2) is 8.90. The molecular weight excluding hydrogens is 312 g/mol. The molecule has 7 heteroatoms. The van der Waals surface area contributed by atoms with Gasteiger partial charge in [0.2, 0.25) is 0 Å². The summed E-state index contributed by atoms with van der Waals surface area (Å²) in [6, 6.07) is 6.55. The number of urea groups is 1. The maximum Gasteiger partial charge on any atom is 0.321 e. The van der Waals surface area contributed by atoms with E-state index >= 15 is 0 Å². The molecule has 2 N–H and O–H groups in total. The van der Waals surface area contributed by atoms with Gasteiger partial charge in [0.05, 0.1) is 13.5 Å². The molecule has 0 unspecified atom stereocenters. The van der Waals surface area contributed by atoms with E-state index in [2.05, 4.69) is 10.6 Å². The highest BCUT2D eigenvalue weighted by atomic mass is 16.5. The zero-order valence-electron chi connectivity index (χ0n) is 13.7. The molecule has 1 saturated carbocycles. The minimum absolute atomic E-state index is 0.0472. The number of imide groups is 1. The first-order chi connectivity index (χ1) is 11.6. The lowest BCUT2D eigenvalue weighted by atomic mass is 10.1. The van der Waals surface area contributed by atoms with E-state index in [0.29, 0.717) is 5.75 Å². The molecular formula is C17H22N2O5. The summed E-state index contributed by atoms with van der Waals surface area (Å²) < 4.78 is 9.90. The molecule has 7 nitrogen and oxygen atoms in total. The molecule has 0 aromatic heterocycles. The second-order valence-electron chi connectivity index (χ2n) is 5.69. The quantitative estimate of drug-likeness (QED) is 0.770. The summed E-state index contributed by atoms with van der Waals surface area (Å²) in [7, 11) is 1.56.